The first-order chi connectivity index (χ1) is 10.5. The summed E-state index contributed by atoms with van der Waals surface area (Å²) in [5.41, 5.74) is 2.67. The number of halogens is 3. The molecule has 0 spiro atoms. The van der Waals surface area contributed by atoms with Crippen LogP contribution >= 0.6 is 23.4 Å². The van der Waals surface area contributed by atoms with Crippen molar-refractivity contribution >= 4 is 35.5 Å². The number of hydrazone groups is 1. The van der Waals surface area contributed by atoms with Gasteiger partial charge in [0.1, 0.15) is 0 Å². The van der Waals surface area contributed by atoms with Gasteiger partial charge in [-0.3, -0.25) is 4.79 Å². The van der Waals surface area contributed by atoms with Crippen molar-refractivity contribution in [3.05, 3.63) is 64.7 Å². The molecule has 0 aliphatic rings. The number of carbonyl (C=O) groups is 1. The van der Waals surface area contributed by atoms with Crippen LogP contribution in [0.2, 0.25) is 5.02 Å². The molecule has 0 bridgehead atoms. The fraction of sp³-hybridized carbons (Fsp3) is 0.0667. The maximum atomic E-state index is 13.0. The Morgan fingerprint density at radius 1 is 1.18 bits per heavy atom. The second-order valence-electron chi connectivity index (χ2n) is 4.21. The normalized spacial score (nSPS) is 10.9. The molecule has 7 heteroatoms. The van der Waals surface area contributed by atoms with Gasteiger partial charge in [-0.25, -0.2) is 14.2 Å². The highest BCUT2D eigenvalue weighted by Gasteiger charge is 2.03. The van der Waals surface area contributed by atoms with Gasteiger partial charge in [-0.15, -0.1) is 11.8 Å². The van der Waals surface area contributed by atoms with Crippen LogP contribution in [0.4, 0.5) is 8.78 Å². The number of amides is 1. The van der Waals surface area contributed by atoms with Crippen LogP contribution in [0.1, 0.15) is 5.56 Å². The van der Waals surface area contributed by atoms with Crippen molar-refractivity contribution in [3.8, 4) is 0 Å². The van der Waals surface area contributed by atoms with Crippen LogP contribution in [0, 0.1) is 11.6 Å². The number of thioether (sulfide) groups is 1. The Morgan fingerprint density at radius 3 is 2.59 bits per heavy atom. The quantitative estimate of drug-likeness (QED) is 0.510. The fourth-order valence-electron chi connectivity index (χ4n) is 1.48. The van der Waals surface area contributed by atoms with Crippen molar-refractivity contribution in [2.45, 2.75) is 4.90 Å². The molecular formula is C15H11ClF2N2OS. The predicted octanol–water partition coefficient (Wildman–Crippen LogP) is 3.86. The summed E-state index contributed by atoms with van der Waals surface area (Å²) >= 11 is 7.10. The smallest absolute Gasteiger partial charge is 0.250 e. The lowest BCUT2D eigenvalue weighted by molar-refractivity contribution is -0.118. The highest BCUT2D eigenvalue weighted by atomic mass is 35.5. The van der Waals surface area contributed by atoms with E-state index >= 15 is 0 Å². The summed E-state index contributed by atoms with van der Waals surface area (Å²) in [5.74, 6) is -2.02. The molecule has 1 N–H and O–H groups in total. The summed E-state index contributed by atoms with van der Waals surface area (Å²) in [5, 5.41) is 4.32. The summed E-state index contributed by atoms with van der Waals surface area (Å²) < 4.78 is 25.7. The Morgan fingerprint density at radius 2 is 1.91 bits per heavy atom. The molecule has 0 fully saturated rings. The van der Waals surface area contributed by atoms with Crippen molar-refractivity contribution < 1.29 is 13.6 Å². The number of benzene rings is 2. The Hall–Kier alpha value is -1.92. The molecule has 2 rings (SSSR count). The molecule has 0 saturated heterocycles. The van der Waals surface area contributed by atoms with Crippen LogP contribution in [-0.4, -0.2) is 17.9 Å². The third kappa shape index (κ3) is 5.13. The molecule has 2 aromatic rings. The highest BCUT2D eigenvalue weighted by Crippen LogP contribution is 2.19. The number of hydrogen-bond acceptors (Lipinski definition) is 3. The minimum absolute atomic E-state index is 0.177. The molecule has 0 saturated carbocycles. The molecule has 0 unspecified atom stereocenters. The molecule has 0 radical (unpaired) electrons. The predicted molar refractivity (Wildman–Crippen MR) is 84.3 cm³/mol. The van der Waals surface area contributed by atoms with Crippen LogP contribution in [0.3, 0.4) is 0 Å². The number of nitrogens with zero attached hydrogens (tertiary/aromatic N) is 1. The SMILES string of the molecule is O=C(CSc1ccc(Cl)cc1)N/N=C\c1ccc(F)c(F)c1. The van der Waals surface area contributed by atoms with E-state index < -0.39 is 11.6 Å². The van der Waals surface area contributed by atoms with Crippen molar-refractivity contribution in [1.29, 1.82) is 0 Å². The first-order valence-electron chi connectivity index (χ1n) is 6.20. The number of rotatable bonds is 5. The number of nitrogens with one attached hydrogen (secondary N) is 1. The Kier molecular flexibility index (Phi) is 5.91. The van der Waals surface area contributed by atoms with E-state index in [1.807, 2.05) is 12.1 Å². The van der Waals surface area contributed by atoms with E-state index in [4.69, 9.17) is 11.6 Å². The largest absolute Gasteiger partial charge is 0.272 e. The van der Waals surface area contributed by atoms with Crippen LogP contribution in [0.5, 0.6) is 0 Å². The van der Waals surface area contributed by atoms with Crippen molar-refractivity contribution in [1.82, 2.24) is 5.43 Å². The second kappa shape index (κ2) is 7.91. The summed E-state index contributed by atoms with van der Waals surface area (Å²) in [7, 11) is 0. The lowest BCUT2D eigenvalue weighted by Crippen LogP contribution is -2.19. The van der Waals surface area contributed by atoms with E-state index in [9.17, 15) is 13.6 Å². The van der Waals surface area contributed by atoms with Gasteiger partial charge in [0, 0.05) is 9.92 Å². The van der Waals surface area contributed by atoms with Crippen molar-refractivity contribution in [3.63, 3.8) is 0 Å². The molecule has 1 amide bonds. The van der Waals surface area contributed by atoms with Crippen molar-refractivity contribution in [2.75, 3.05) is 5.75 Å². The van der Waals surface area contributed by atoms with E-state index in [0.717, 1.165) is 17.0 Å². The van der Waals surface area contributed by atoms with Gasteiger partial charge in [0.25, 0.3) is 0 Å². The molecule has 22 heavy (non-hydrogen) atoms. The fourth-order valence-corrected chi connectivity index (χ4v) is 2.30. The number of hydrogen-bond donors (Lipinski definition) is 1. The van der Waals surface area contributed by atoms with E-state index in [0.29, 0.717) is 10.6 Å². The Balaban J connectivity index is 1.80. The van der Waals surface area contributed by atoms with Crippen LogP contribution < -0.4 is 5.43 Å². The molecule has 0 atom stereocenters. The van der Waals surface area contributed by atoms with E-state index in [1.54, 1.807) is 12.1 Å². The maximum absolute atomic E-state index is 13.0. The first-order valence-corrected chi connectivity index (χ1v) is 7.56. The minimum atomic E-state index is -0.964. The molecule has 0 aromatic heterocycles. The van der Waals surface area contributed by atoms with Gasteiger partial charge in [-0.2, -0.15) is 5.10 Å². The summed E-state index contributed by atoms with van der Waals surface area (Å²) in [6.07, 6.45) is 1.24. The second-order valence-corrected chi connectivity index (χ2v) is 5.69. The zero-order valence-electron chi connectivity index (χ0n) is 11.2. The van der Waals surface area contributed by atoms with E-state index in [1.165, 1.54) is 24.0 Å². The van der Waals surface area contributed by atoms with Crippen molar-refractivity contribution in [2.24, 2.45) is 5.10 Å². The van der Waals surface area contributed by atoms with Gasteiger partial charge in [-0.05, 0) is 42.0 Å². The lowest BCUT2D eigenvalue weighted by atomic mass is 10.2. The molecule has 2 aromatic carbocycles. The highest BCUT2D eigenvalue weighted by molar-refractivity contribution is 8.00. The van der Waals surface area contributed by atoms with Gasteiger partial charge < -0.3 is 0 Å². The van der Waals surface area contributed by atoms with E-state index in [-0.39, 0.29) is 11.7 Å². The maximum Gasteiger partial charge on any atom is 0.250 e. The molecular weight excluding hydrogens is 330 g/mol. The molecule has 0 aliphatic heterocycles. The molecule has 3 nitrogen and oxygen atoms in total. The summed E-state index contributed by atoms with van der Waals surface area (Å²) in [4.78, 5) is 12.5. The average Bonchev–Trinajstić information content (AvgIpc) is 2.50. The first kappa shape index (κ1) is 16.5. The van der Waals surface area contributed by atoms with Gasteiger partial charge in [0.05, 0.1) is 12.0 Å². The van der Waals surface area contributed by atoms with Crippen LogP contribution in [0.25, 0.3) is 0 Å². The summed E-state index contributed by atoms with van der Waals surface area (Å²) in [6, 6.07) is 10.4. The standard InChI is InChI=1S/C15H11ClF2N2OS/c16-11-2-4-12(5-3-11)22-9-15(21)20-19-8-10-1-6-13(17)14(18)7-10/h1-8H,9H2,(H,20,21)/b19-8-. The average molecular weight is 341 g/mol. The number of carbonyl (C=O) groups excluding carboxylic acids is 1. The lowest BCUT2D eigenvalue weighted by Gasteiger charge is -2.01. The topological polar surface area (TPSA) is 41.5 Å². The third-order valence-electron chi connectivity index (χ3n) is 2.53. The molecule has 0 heterocycles. The molecule has 0 aliphatic carbocycles. The van der Waals surface area contributed by atoms with Crippen LogP contribution in [0.15, 0.2) is 52.5 Å². The monoisotopic (exact) mass is 340 g/mol. The van der Waals surface area contributed by atoms with E-state index in [2.05, 4.69) is 10.5 Å². The van der Waals surface area contributed by atoms with Crippen LogP contribution in [-0.2, 0) is 4.79 Å². The Labute approximate surface area is 135 Å². The zero-order chi connectivity index (χ0) is 15.9. The molecule has 114 valence electrons. The Bertz CT molecular complexity index is 692. The minimum Gasteiger partial charge on any atom is -0.272 e. The van der Waals surface area contributed by atoms with Gasteiger partial charge in [0.2, 0.25) is 5.91 Å². The third-order valence-corrected chi connectivity index (χ3v) is 3.79. The van der Waals surface area contributed by atoms with Gasteiger partial charge in [0.15, 0.2) is 11.6 Å². The van der Waals surface area contributed by atoms with Gasteiger partial charge in [-0.1, -0.05) is 17.7 Å². The zero-order valence-corrected chi connectivity index (χ0v) is 12.8. The van der Waals surface area contributed by atoms with Gasteiger partial charge >= 0.3 is 0 Å². The summed E-state index contributed by atoms with van der Waals surface area (Å²) in [6.45, 7) is 0.